The Morgan fingerprint density at radius 1 is 1.20 bits per heavy atom. The van der Waals surface area contributed by atoms with Gasteiger partial charge in [0.15, 0.2) is 11.6 Å². The first kappa shape index (κ1) is 31.7. The third kappa shape index (κ3) is 6.35. The van der Waals surface area contributed by atoms with E-state index in [-0.39, 0.29) is 24.5 Å². The summed E-state index contributed by atoms with van der Waals surface area (Å²) in [6.45, 7) is 6.51. The van der Waals surface area contributed by atoms with E-state index in [1.165, 1.54) is 0 Å². The van der Waals surface area contributed by atoms with Gasteiger partial charge in [0.2, 0.25) is 0 Å². The predicted molar refractivity (Wildman–Crippen MR) is 156 cm³/mol. The zero-order valence-electron chi connectivity index (χ0n) is 25.4. The molecule has 5 heterocycles. The van der Waals surface area contributed by atoms with E-state index in [1.54, 1.807) is 30.1 Å². The maximum absolute atomic E-state index is 14.5. The van der Waals surface area contributed by atoms with Crippen molar-refractivity contribution >= 4 is 22.8 Å². The van der Waals surface area contributed by atoms with E-state index in [0.717, 1.165) is 16.7 Å². The largest absolute Gasteiger partial charge is 0.472 e. The number of hydrogen-bond acceptors (Lipinski definition) is 8. The smallest absolute Gasteiger partial charge is 0.419 e. The zero-order chi connectivity index (χ0) is 32.8. The number of rotatable bonds is 8. The average Bonchev–Trinajstić information content (AvgIpc) is 3.70. The molecule has 4 aromatic heterocycles. The molecule has 12 nitrogen and oxygen atoms in total. The molecule has 0 radical (unpaired) electrons. The molecule has 1 saturated carbocycles. The molecule has 46 heavy (non-hydrogen) atoms. The van der Waals surface area contributed by atoms with E-state index in [2.05, 4.69) is 15.1 Å². The highest BCUT2D eigenvalue weighted by Gasteiger charge is 2.37. The topological polar surface area (TPSA) is 130 Å². The molecule has 1 amide bonds. The van der Waals surface area contributed by atoms with Crippen molar-refractivity contribution in [3.63, 3.8) is 0 Å². The molecular weight excluding hydrogens is 614 g/mol. The van der Waals surface area contributed by atoms with Gasteiger partial charge in [-0.1, -0.05) is 0 Å². The molecule has 1 N–H and O–H groups in total. The fourth-order valence-corrected chi connectivity index (χ4v) is 5.99. The lowest BCUT2D eigenvalue weighted by Gasteiger charge is -2.29. The number of fused-ring (bicyclic) bond motifs is 1. The number of carbonyl (C=O) groups is 1. The Bertz CT molecular complexity index is 1730. The highest BCUT2D eigenvalue weighted by atomic mass is 19.4. The summed E-state index contributed by atoms with van der Waals surface area (Å²) in [5.41, 5.74) is 0.572. The summed E-state index contributed by atoms with van der Waals surface area (Å²) in [5.74, 6) is -2.63. The van der Waals surface area contributed by atoms with Gasteiger partial charge in [0.25, 0.3) is 5.88 Å². The number of anilines is 1. The number of pyridine rings is 2. The third-order valence-corrected chi connectivity index (χ3v) is 8.20. The van der Waals surface area contributed by atoms with Gasteiger partial charge in [-0.3, -0.25) is 14.3 Å². The fraction of sp³-hybridized carbons (Fsp3) is 0.500. The van der Waals surface area contributed by atoms with Gasteiger partial charge in [-0.25, -0.2) is 19.2 Å². The summed E-state index contributed by atoms with van der Waals surface area (Å²) < 4.78 is 74.8. The van der Waals surface area contributed by atoms with Crippen molar-refractivity contribution < 1.29 is 41.7 Å². The minimum Gasteiger partial charge on any atom is -0.472 e. The van der Waals surface area contributed by atoms with Crippen LogP contribution in [-0.4, -0.2) is 71.9 Å². The molecule has 0 bridgehead atoms. The summed E-state index contributed by atoms with van der Waals surface area (Å²) in [4.78, 5) is 21.1. The number of halogens is 4. The van der Waals surface area contributed by atoms with E-state index in [1.807, 2.05) is 24.7 Å². The van der Waals surface area contributed by atoms with Gasteiger partial charge in [-0.2, -0.15) is 23.4 Å². The first-order valence-electron chi connectivity index (χ1n) is 14.9. The maximum atomic E-state index is 14.5. The molecule has 2 fully saturated rings. The number of amides is 1. The number of ether oxygens (including phenoxy) is 3. The molecule has 246 valence electrons. The van der Waals surface area contributed by atoms with Crippen LogP contribution < -0.4 is 9.64 Å². The van der Waals surface area contributed by atoms with Crippen LogP contribution in [0, 0.1) is 5.82 Å². The maximum Gasteiger partial charge on any atom is 0.419 e. The van der Waals surface area contributed by atoms with Crippen molar-refractivity contribution in [2.45, 2.75) is 83.2 Å². The molecule has 4 aromatic rings. The Kier molecular flexibility index (Phi) is 8.35. The monoisotopic (exact) mass is 647 g/mol. The van der Waals surface area contributed by atoms with Crippen molar-refractivity contribution in [2.24, 2.45) is 0 Å². The second kappa shape index (κ2) is 12.1. The van der Waals surface area contributed by atoms with Crippen molar-refractivity contribution in [1.82, 2.24) is 29.5 Å². The molecule has 6 rings (SSSR count). The molecule has 0 aromatic carbocycles. The first-order valence-corrected chi connectivity index (χ1v) is 14.9. The molecular formula is C30H33F4N7O5. The molecule has 16 heteroatoms. The predicted octanol–water partition coefficient (Wildman–Crippen LogP) is 6.07. The van der Waals surface area contributed by atoms with Crippen LogP contribution in [0.25, 0.3) is 22.2 Å². The minimum absolute atomic E-state index is 0.160. The van der Waals surface area contributed by atoms with Gasteiger partial charge in [0, 0.05) is 42.2 Å². The quantitative estimate of drug-likeness (QED) is 0.227. The highest BCUT2D eigenvalue weighted by molar-refractivity contribution is 5.95. The van der Waals surface area contributed by atoms with Gasteiger partial charge in [-0.15, -0.1) is 0 Å². The van der Waals surface area contributed by atoms with E-state index < -0.39 is 41.4 Å². The van der Waals surface area contributed by atoms with Crippen LogP contribution in [-0.2, 0) is 22.2 Å². The zero-order valence-corrected chi connectivity index (χ0v) is 25.4. The van der Waals surface area contributed by atoms with Crippen LogP contribution in [0.15, 0.2) is 36.9 Å². The summed E-state index contributed by atoms with van der Waals surface area (Å²) in [7, 11) is 0. The first-order chi connectivity index (χ1) is 21.8. The van der Waals surface area contributed by atoms with Gasteiger partial charge in [0.1, 0.15) is 23.7 Å². The van der Waals surface area contributed by atoms with E-state index in [0.29, 0.717) is 61.5 Å². The number of aromatic nitrogens is 6. The lowest BCUT2D eigenvalue weighted by molar-refractivity contribution is -0.140. The fourth-order valence-electron chi connectivity index (χ4n) is 5.99. The van der Waals surface area contributed by atoms with Gasteiger partial charge in [-0.05, 0) is 52.5 Å². The number of carboxylic acid groups (broad SMARTS) is 1. The standard InChI is InChI=1S/C30H33F4N7O5/c1-4-40(28(42)43)24-11-23-21(13-36-24)26(17-12-37-39(14-17)15-20-16-44-29(2,3)46-20)38-41(23)18-5-7-19(8-6-18)45-27-25(31)22(9-10-35-27)30(32,33)34/h9-14,18-20H,4-8,15-16H2,1-3H3,(H,42,43)/t18?,19?,20-/m1/s1. The summed E-state index contributed by atoms with van der Waals surface area (Å²) in [6, 6.07) is 2.10. The normalized spacial score (nSPS) is 21.5. The Hall–Kier alpha value is -4.31. The number of hydrogen-bond donors (Lipinski definition) is 1. The Balaban J connectivity index is 1.26. The van der Waals surface area contributed by atoms with Crippen molar-refractivity contribution in [3.8, 4) is 17.1 Å². The van der Waals surface area contributed by atoms with Gasteiger partial charge >= 0.3 is 12.3 Å². The summed E-state index contributed by atoms with van der Waals surface area (Å²) >= 11 is 0. The van der Waals surface area contributed by atoms with Crippen molar-refractivity contribution in [3.05, 3.63) is 48.3 Å². The lowest BCUT2D eigenvalue weighted by Crippen LogP contribution is -2.29. The van der Waals surface area contributed by atoms with Gasteiger partial charge < -0.3 is 19.3 Å². The summed E-state index contributed by atoms with van der Waals surface area (Å²) in [6.07, 6.45) is 1.14. The molecule has 1 atom stereocenters. The van der Waals surface area contributed by atoms with Crippen molar-refractivity contribution in [2.75, 3.05) is 18.1 Å². The van der Waals surface area contributed by atoms with E-state index >= 15 is 0 Å². The highest BCUT2D eigenvalue weighted by Crippen LogP contribution is 2.38. The minimum atomic E-state index is -4.87. The third-order valence-electron chi connectivity index (χ3n) is 8.20. The van der Waals surface area contributed by atoms with Crippen LogP contribution in [0.3, 0.4) is 0 Å². The van der Waals surface area contributed by atoms with Crippen LogP contribution in [0.4, 0.5) is 28.2 Å². The van der Waals surface area contributed by atoms with Crippen LogP contribution in [0.1, 0.15) is 58.1 Å². The molecule has 0 unspecified atom stereocenters. The number of alkyl halides is 3. The van der Waals surface area contributed by atoms with Crippen molar-refractivity contribution in [1.29, 1.82) is 0 Å². The lowest BCUT2D eigenvalue weighted by atomic mass is 9.93. The summed E-state index contributed by atoms with van der Waals surface area (Å²) in [5, 5.41) is 19.8. The van der Waals surface area contributed by atoms with Gasteiger partial charge in [0.05, 0.1) is 36.5 Å². The van der Waals surface area contributed by atoms with E-state index in [4.69, 9.17) is 19.3 Å². The second-order valence-corrected chi connectivity index (χ2v) is 11.8. The molecule has 0 spiro atoms. The molecule has 1 aliphatic carbocycles. The molecule has 1 saturated heterocycles. The van der Waals surface area contributed by atoms with Crippen LogP contribution in [0.2, 0.25) is 0 Å². The molecule has 2 aliphatic rings. The Morgan fingerprint density at radius 3 is 2.61 bits per heavy atom. The number of nitrogens with zero attached hydrogens (tertiary/aromatic N) is 7. The Labute approximate surface area is 260 Å². The van der Waals surface area contributed by atoms with Crippen LogP contribution >= 0.6 is 0 Å². The van der Waals surface area contributed by atoms with Crippen LogP contribution in [0.5, 0.6) is 5.88 Å². The SMILES string of the molecule is CCN(C(=O)O)c1cc2c(cn1)c(-c1cnn(C[C@@H]3COC(C)(C)O3)c1)nn2C1CCC(Oc2nccc(C(F)(F)F)c2F)CC1. The average molecular weight is 648 g/mol. The molecule has 1 aliphatic heterocycles. The second-order valence-electron chi connectivity index (χ2n) is 11.8. The Morgan fingerprint density at radius 2 is 1.96 bits per heavy atom. The van der Waals surface area contributed by atoms with E-state index in [9.17, 15) is 27.5 Å².